The molecule has 4 rings (SSSR count). The number of hydrogen-bond acceptors (Lipinski definition) is 7. The van der Waals surface area contributed by atoms with Crippen molar-refractivity contribution in [3.63, 3.8) is 0 Å². The van der Waals surface area contributed by atoms with E-state index < -0.39 is 11.1 Å². The molecule has 1 fully saturated rings. The molecule has 3 aromatic rings. The zero-order valence-corrected chi connectivity index (χ0v) is 19.6. The normalized spacial score (nSPS) is 14.8. The van der Waals surface area contributed by atoms with E-state index in [1.165, 1.54) is 47.4 Å². The van der Waals surface area contributed by atoms with Gasteiger partial charge in [0.2, 0.25) is 0 Å². The number of benzene rings is 2. The molecule has 10 heteroatoms. The highest BCUT2D eigenvalue weighted by atomic mass is 32.2. The first-order valence-electron chi connectivity index (χ1n) is 9.89. The fourth-order valence-corrected chi connectivity index (χ4v) is 5.50. The molecular weight excluding hydrogens is 481 g/mol. The fraction of sp³-hybridized carbons (Fsp3) is 0.130. The molecule has 1 aliphatic heterocycles. The summed E-state index contributed by atoms with van der Waals surface area (Å²) in [7, 11) is 0. The highest BCUT2D eigenvalue weighted by Crippen LogP contribution is 2.32. The molecule has 0 unspecified atom stereocenters. The summed E-state index contributed by atoms with van der Waals surface area (Å²) in [5.41, 5.74) is 3.88. The topological polar surface area (TPSA) is 79.4 Å². The number of halogens is 1. The number of carbonyl (C=O) groups excluding carboxylic acids is 3. The predicted octanol–water partition coefficient (Wildman–Crippen LogP) is 5.04. The third-order valence-corrected chi connectivity index (χ3v) is 7.30. The van der Waals surface area contributed by atoms with Gasteiger partial charge in [-0.15, -0.1) is 23.1 Å². The first-order chi connectivity index (χ1) is 16.0. The largest absolute Gasteiger partial charge is 0.350 e. The number of hydrogen-bond donors (Lipinski definition) is 1. The molecule has 0 radical (unpaired) electrons. The van der Waals surface area contributed by atoms with Gasteiger partial charge in [0, 0.05) is 29.1 Å². The standard InChI is InChI=1S/C23H18FN3O3S3/c24-16-7-5-15(6-8-16)11-20-22(29)27(23(30)33-20)10-9-25-21(28)18-3-1-2-4-19(18)32-13-17-12-31-14-26-17/h1-8,11-12,14H,9-10,13H2,(H,25,28)/b20-11-. The summed E-state index contributed by atoms with van der Waals surface area (Å²) in [6, 6.07) is 12.9. The summed E-state index contributed by atoms with van der Waals surface area (Å²) < 4.78 is 13.1. The minimum absolute atomic E-state index is 0.0608. The Morgan fingerprint density at radius 3 is 2.70 bits per heavy atom. The molecule has 6 nitrogen and oxygen atoms in total. The number of amides is 3. The van der Waals surface area contributed by atoms with Gasteiger partial charge in [0.05, 0.1) is 21.7 Å². The molecule has 1 aromatic heterocycles. The minimum atomic E-state index is -0.428. The van der Waals surface area contributed by atoms with Crippen molar-refractivity contribution in [3.8, 4) is 0 Å². The summed E-state index contributed by atoms with van der Waals surface area (Å²) in [5.74, 6) is -0.419. The van der Waals surface area contributed by atoms with Crippen LogP contribution in [0.25, 0.3) is 6.08 Å². The van der Waals surface area contributed by atoms with E-state index in [0.29, 0.717) is 16.9 Å². The predicted molar refractivity (Wildman–Crippen MR) is 130 cm³/mol. The van der Waals surface area contributed by atoms with E-state index in [1.54, 1.807) is 23.7 Å². The molecule has 3 amide bonds. The lowest BCUT2D eigenvalue weighted by Gasteiger charge is -2.14. The first-order valence-corrected chi connectivity index (χ1v) is 12.6. The number of aromatic nitrogens is 1. The molecule has 0 spiro atoms. The Hall–Kier alpha value is -2.95. The van der Waals surface area contributed by atoms with Gasteiger partial charge in [0.1, 0.15) is 5.82 Å². The summed E-state index contributed by atoms with van der Waals surface area (Å²) in [5, 5.41) is 4.36. The quantitative estimate of drug-likeness (QED) is 0.346. The maximum Gasteiger partial charge on any atom is 0.293 e. The Morgan fingerprint density at radius 2 is 1.94 bits per heavy atom. The number of nitrogens with zero attached hydrogens (tertiary/aromatic N) is 2. The van der Waals surface area contributed by atoms with Gasteiger partial charge in [-0.3, -0.25) is 19.3 Å². The molecule has 2 aromatic carbocycles. The zero-order chi connectivity index (χ0) is 23.2. The van der Waals surface area contributed by atoms with Gasteiger partial charge in [-0.05, 0) is 47.7 Å². The van der Waals surface area contributed by atoms with Crippen LogP contribution in [-0.2, 0) is 10.5 Å². The summed E-state index contributed by atoms with van der Waals surface area (Å²) >= 11 is 3.88. The van der Waals surface area contributed by atoms with Crippen LogP contribution in [0.5, 0.6) is 0 Å². The Bertz CT molecular complexity index is 1200. The van der Waals surface area contributed by atoms with E-state index in [1.807, 2.05) is 17.5 Å². The highest BCUT2D eigenvalue weighted by Gasteiger charge is 2.34. The van der Waals surface area contributed by atoms with E-state index in [2.05, 4.69) is 10.3 Å². The smallest absolute Gasteiger partial charge is 0.293 e. The van der Waals surface area contributed by atoms with Crippen LogP contribution in [0.15, 0.2) is 69.2 Å². The monoisotopic (exact) mass is 499 g/mol. The minimum Gasteiger partial charge on any atom is -0.350 e. The van der Waals surface area contributed by atoms with Crippen molar-refractivity contribution < 1.29 is 18.8 Å². The zero-order valence-electron chi connectivity index (χ0n) is 17.2. The van der Waals surface area contributed by atoms with Crippen LogP contribution < -0.4 is 5.32 Å². The van der Waals surface area contributed by atoms with Crippen molar-refractivity contribution in [3.05, 3.63) is 87.0 Å². The molecule has 0 atom stereocenters. The van der Waals surface area contributed by atoms with Crippen LogP contribution in [0.2, 0.25) is 0 Å². The van der Waals surface area contributed by atoms with E-state index in [-0.39, 0.29) is 29.7 Å². The van der Waals surface area contributed by atoms with Crippen molar-refractivity contribution in [1.82, 2.24) is 15.2 Å². The second kappa shape index (κ2) is 10.8. The molecule has 1 saturated heterocycles. The molecule has 1 aliphatic rings. The van der Waals surface area contributed by atoms with E-state index in [4.69, 9.17) is 0 Å². The summed E-state index contributed by atoms with van der Waals surface area (Å²) in [6.45, 7) is 0.192. The number of rotatable bonds is 8. The highest BCUT2D eigenvalue weighted by molar-refractivity contribution is 8.18. The third-order valence-electron chi connectivity index (χ3n) is 4.65. The van der Waals surface area contributed by atoms with Gasteiger partial charge < -0.3 is 5.32 Å². The second-order valence-electron chi connectivity index (χ2n) is 6.91. The maximum absolute atomic E-state index is 13.1. The van der Waals surface area contributed by atoms with Crippen LogP contribution in [0.4, 0.5) is 9.18 Å². The Kier molecular flexibility index (Phi) is 7.58. The van der Waals surface area contributed by atoms with Gasteiger partial charge >= 0.3 is 0 Å². The molecule has 1 N–H and O–H groups in total. The van der Waals surface area contributed by atoms with Crippen molar-refractivity contribution in [2.24, 2.45) is 0 Å². The summed E-state index contributed by atoms with van der Waals surface area (Å²) in [4.78, 5) is 44.1. The van der Waals surface area contributed by atoms with Crippen molar-refractivity contribution in [1.29, 1.82) is 0 Å². The molecule has 33 heavy (non-hydrogen) atoms. The van der Waals surface area contributed by atoms with Crippen LogP contribution in [-0.4, -0.2) is 40.0 Å². The third kappa shape index (κ3) is 5.89. The van der Waals surface area contributed by atoms with Crippen molar-refractivity contribution in [2.75, 3.05) is 13.1 Å². The SMILES string of the molecule is O=C(NCCN1C(=O)S/C(=C\c2ccc(F)cc2)C1=O)c1ccccc1SCc1cscn1. The molecule has 0 bridgehead atoms. The summed E-state index contributed by atoms with van der Waals surface area (Å²) in [6.07, 6.45) is 1.55. The number of thiazole rings is 1. The van der Waals surface area contributed by atoms with E-state index in [9.17, 15) is 18.8 Å². The number of nitrogens with one attached hydrogen (secondary N) is 1. The van der Waals surface area contributed by atoms with E-state index in [0.717, 1.165) is 27.3 Å². The average Bonchev–Trinajstić information content (AvgIpc) is 3.43. The lowest BCUT2D eigenvalue weighted by atomic mass is 10.2. The lowest BCUT2D eigenvalue weighted by Crippen LogP contribution is -2.37. The molecular formula is C23H18FN3O3S3. The van der Waals surface area contributed by atoms with Crippen LogP contribution in [0.3, 0.4) is 0 Å². The van der Waals surface area contributed by atoms with Gasteiger partial charge in [-0.25, -0.2) is 9.37 Å². The van der Waals surface area contributed by atoms with Gasteiger partial charge in [-0.1, -0.05) is 24.3 Å². The molecule has 2 heterocycles. The Balaban J connectivity index is 1.34. The number of carbonyl (C=O) groups is 3. The Labute approximate surface area is 202 Å². The van der Waals surface area contributed by atoms with Crippen LogP contribution >= 0.6 is 34.9 Å². The van der Waals surface area contributed by atoms with Crippen LogP contribution in [0.1, 0.15) is 21.6 Å². The number of imide groups is 1. The fourth-order valence-electron chi connectivity index (χ4n) is 3.02. The van der Waals surface area contributed by atoms with Gasteiger partial charge in [-0.2, -0.15) is 0 Å². The van der Waals surface area contributed by atoms with Crippen LogP contribution in [0, 0.1) is 5.82 Å². The van der Waals surface area contributed by atoms with Crippen molar-refractivity contribution in [2.45, 2.75) is 10.6 Å². The van der Waals surface area contributed by atoms with Gasteiger partial charge in [0.15, 0.2) is 0 Å². The van der Waals surface area contributed by atoms with E-state index >= 15 is 0 Å². The second-order valence-corrected chi connectivity index (χ2v) is 9.63. The average molecular weight is 500 g/mol. The van der Waals surface area contributed by atoms with Crippen molar-refractivity contribution >= 4 is 58.0 Å². The Morgan fingerprint density at radius 1 is 1.15 bits per heavy atom. The lowest BCUT2D eigenvalue weighted by molar-refractivity contribution is -0.122. The maximum atomic E-state index is 13.1. The molecule has 168 valence electrons. The molecule has 0 aliphatic carbocycles. The van der Waals surface area contributed by atoms with Gasteiger partial charge in [0.25, 0.3) is 17.1 Å². The number of thioether (sulfide) groups is 2. The first kappa shape index (κ1) is 23.2. The molecule has 0 saturated carbocycles.